The molecule has 0 saturated heterocycles. The van der Waals surface area contributed by atoms with Crippen LogP contribution in [-0.4, -0.2) is 19.5 Å². The molecule has 2 aromatic carbocycles. The van der Waals surface area contributed by atoms with Gasteiger partial charge in [0.05, 0.1) is 15.0 Å². The van der Waals surface area contributed by atoms with E-state index in [2.05, 4.69) is 10.1 Å². The molecule has 26 heavy (non-hydrogen) atoms. The van der Waals surface area contributed by atoms with Crippen molar-refractivity contribution in [3.8, 4) is 11.4 Å². The molecule has 128 valence electrons. The SMILES string of the molecule is Cc1ccccc1-c1nc2s/c(=C\c3ccccc3[N+](=O)[O-])c(=O)n2n1. The number of aryl methyl sites for hydroxylation is 1. The van der Waals surface area contributed by atoms with Crippen molar-refractivity contribution in [1.82, 2.24) is 14.6 Å². The van der Waals surface area contributed by atoms with Gasteiger partial charge in [0.2, 0.25) is 4.96 Å². The number of hydrogen-bond donors (Lipinski definition) is 0. The van der Waals surface area contributed by atoms with Gasteiger partial charge in [-0.2, -0.15) is 9.50 Å². The van der Waals surface area contributed by atoms with Crippen LogP contribution in [0.2, 0.25) is 0 Å². The van der Waals surface area contributed by atoms with Crippen LogP contribution >= 0.6 is 11.3 Å². The second kappa shape index (κ2) is 6.16. The predicted octanol–water partition coefficient (Wildman–Crippen LogP) is 2.58. The Labute approximate surface area is 151 Å². The second-order valence-electron chi connectivity index (χ2n) is 5.68. The maximum Gasteiger partial charge on any atom is 0.291 e. The fourth-order valence-electron chi connectivity index (χ4n) is 2.69. The van der Waals surface area contributed by atoms with Crippen molar-refractivity contribution in [3.63, 3.8) is 0 Å². The lowest BCUT2D eigenvalue weighted by atomic mass is 10.1. The molecule has 2 heterocycles. The van der Waals surface area contributed by atoms with E-state index >= 15 is 0 Å². The predicted molar refractivity (Wildman–Crippen MR) is 99.2 cm³/mol. The van der Waals surface area contributed by atoms with Crippen LogP contribution in [0, 0.1) is 17.0 Å². The van der Waals surface area contributed by atoms with Crippen LogP contribution in [0.5, 0.6) is 0 Å². The Morgan fingerprint density at radius 3 is 2.62 bits per heavy atom. The highest BCUT2D eigenvalue weighted by Crippen LogP contribution is 2.21. The van der Waals surface area contributed by atoms with Gasteiger partial charge in [-0.1, -0.05) is 47.7 Å². The van der Waals surface area contributed by atoms with Gasteiger partial charge in [0, 0.05) is 11.6 Å². The molecule has 0 aliphatic heterocycles. The van der Waals surface area contributed by atoms with E-state index in [9.17, 15) is 14.9 Å². The standard InChI is InChI=1S/C18H12N4O3S/c1-11-6-2-4-8-13(11)16-19-18-21(20-16)17(23)15(26-18)10-12-7-3-5-9-14(12)22(24)25/h2-10H,1H3/b15-10-. The molecule has 7 nitrogen and oxygen atoms in total. The zero-order valence-corrected chi connectivity index (χ0v) is 14.4. The number of nitro benzene ring substituents is 1. The lowest BCUT2D eigenvalue weighted by Crippen LogP contribution is -2.23. The maximum atomic E-state index is 12.6. The summed E-state index contributed by atoms with van der Waals surface area (Å²) in [7, 11) is 0. The summed E-state index contributed by atoms with van der Waals surface area (Å²) in [6.07, 6.45) is 1.51. The van der Waals surface area contributed by atoms with Crippen LogP contribution < -0.4 is 10.1 Å². The minimum Gasteiger partial charge on any atom is -0.266 e. The summed E-state index contributed by atoms with van der Waals surface area (Å²) in [5.74, 6) is 0.490. The Kier molecular flexibility index (Phi) is 3.81. The molecule has 0 aliphatic carbocycles. The van der Waals surface area contributed by atoms with Gasteiger partial charge in [-0.3, -0.25) is 14.9 Å². The molecule has 0 N–H and O–H groups in total. The molecule has 4 rings (SSSR count). The Balaban J connectivity index is 1.86. The number of rotatable bonds is 3. The first-order valence-electron chi connectivity index (χ1n) is 7.75. The fourth-order valence-corrected chi connectivity index (χ4v) is 3.59. The highest BCUT2D eigenvalue weighted by molar-refractivity contribution is 7.15. The summed E-state index contributed by atoms with van der Waals surface area (Å²) in [6, 6.07) is 14.0. The van der Waals surface area contributed by atoms with E-state index in [1.165, 1.54) is 16.7 Å². The summed E-state index contributed by atoms with van der Waals surface area (Å²) in [5, 5.41) is 15.4. The molecule has 0 bridgehead atoms. The summed E-state index contributed by atoms with van der Waals surface area (Å²) in [5.41, 5.74) is 1.87. The first kappa shape index (κ1) is 16.1. The van der Waals surface area contributed by atoms with E-state index in [1.807, 2.05) is 31.2 Å². The fraction of sp³-hybridized carbons (Fsp3) is 0.0556. The average Bonchev–Trinajstić information content (AvgIpc) is 3.16. The van der Waals surface area contributed by atoms with Crippen molar-refractivity contribution in [3.05, 3.63) is 84.7 Å². The van der Waals surface area contributed by atoms with Crippen molar-refractivity contribution in [1.29, 1.82) is 0 Å². The molecule has 0 spiro atoms. The van der Waals surface area contributed by atoms with Gasteiger partial charge in [0.15, 0.2) is 5.82 Å². The largest absolute Gasteiger partial charge is 0.291 e. The van der Waals surface area contributed by atoms with Crippen LogP contribution in [0.3, 0.4) is 0 Å². The zero-order valence-electron chi connectivity index (χ0n) is 13.6. The van der Waals surface area contributed by atoms with E-state index in [0.717, 1.165) is 22.5 Å². The van der Waals surface area contributed by atoms with Gasteiger partial charge < -0.3 is 0 Å². The molecular weight excluding hydrogens is 352 g/mol. The minimum absolute atomic E-state index is 0.0495. The highest BCUT2D eigenvalue weighted by atomic mass is 32.1. The van der Waals surface area contributed by atoms with Gasteiger partial charge in [-0.05, 0) is 24.6 Å². The van der Waals surface area contributed by atoms with Crippen LogP contribution in [0.15, 0.2) is 53.3 Å². The highest BCUT2D eigenvalue weighted by Gasteiger charge is 2.15. The maximum absolute atomic E-state index is 12.6. The van der Waals surface area contributed by atoms with Crippen molar-refractivity contribution in [2.75, 3.05) is 0 Å². The van der Waals surface area contributed by atoms with Gasteiger partial charge in [-0.25, -0.2) is 0 Å². The van der Waals surface area contributed by atoms with Crippen molar-refractivity contribution in [2.45, 2.75) is 6.92 Å². The molecule has 0 fully saturated rings. The first-order chi connectivity index (χ1) is 12.5. The first-order valence-corrected chi connectivity index (χ1v) is 8.57. The molecule has 0 atom stereocenters. The number of nitro groups is 1. The third kappa shape index (κ3) is 2.66. The zero-order chi connectivity index (χ0) is 18.3. The van der Waals surface area contributed by atoms with E-state index < -0.39 is 4.92 Å². The number of benzene rings is 2. The Morgan fingerprint density at radius 2 is 1.88 bits per heavy atom. The van der Waals surface area contributed by atoms with Crippen molar-refractivity contribution < 1.29 is 4.92 Å². The van der Waals surface area contributed by atoms with Crippen LogP contribution in [0.1, 0.15) is 11.1 Å². The smallest absolute Gasteiger partial charge is 0.266 e. The molecule has 0 unspecified atom stereocenters. The van der Waals surface area contributed by atoms with Crippen LogP contribution in [0.4, 0.5) is 5.69 Å². The summed E-state index contributed by atoms with van der Waals surface area (Å²) >= 11 is 1.16. The number of para-hydroxylation sites is 1. The molecule has 0 saturated carbocycles. The van der Waals surface area contributed by atoms with E-state index in [-0.39, 0.29) is 11.2 Å². The average molecular weight is 364 g/mol. The normalized spacial score (nSPS) is 12.0. The molecule has 0 aliphatic rings. The summed E-state index contributed by atoms with van der Waals surface area (Å²) in [4.78, 5) is 28.2. The summed E-state index contributed by atoms with van der Waals surface area (Å²) < 4.78 is 1.60. The van der Waals surface area contributed by atoms with Crippen LogP contribution in [0.25, 0.3) is 22.4 Å². The monoisotopic (exact) mass is 364 g/mol. The number of nitrogens with zero attached hydrogens (tertiary/aromatic N) is 4. The lowest BCUT2D eigenvalue weighted by molar-refractivity contribution is -0.385. The molecule has 4 aromatic rings. The number of aromatic nitrogens is 3. The lowest BCUT2D eigenvalue weighted by Gasteiger charge is -1.98. The quantitative estimate of drug-likeness (QED) is 0.412. The number of hydrogen-bond acceptors (Lipinski definition) is 6. The van der Waals surface area contributed by atoms with Gasteiger partial charge >= 0.3 is 0 Å². The van der Waals surface area contributed by atoms with E-state index in [4.69, 9.17) is 0 Å². The van der Waals surface area contributed by atoms with E-state index in [0.29, 0.717) is 20.9 Å². The minimum atomic E-state index is -0.469. The molecule has 0 radical (unpaired) electrons. The van der Waals surface area contributed by atoms with Gasteiger partial charge in [0.25, 0.3) is 11.2 Å². The van der Waals surface area contributed by atoms with Gasteiger partial charge in [-0.15, -0.1) is 5.10 Å². The van der Waals surface area contributed by atoms with E-state index in [1.54, 1.807) is 18.2 Å². The molecule has 0 amide bonds. The molecule has 8 heteroatoms. The number of fused-ring (bicyclic) bond motifs is 1. The molecule has 2 aromatic heterocycles. The Bertz CT molecular complexity index is 1260. The van der Waals surface area contributed by atoms with Crippen molar-refractivity contribution in [2.24, 2.45) is 0 Å². The number of thiazole rings is 1. The van der Waals surface area contributed by atoms with Crippen molar-refractivity contribution >= 4 is 28.1 Å². The Morgan fingerprint density at radius 1 is 1.15 bits per heavy atom. The summed E-state index contributed by atoms with van der Waals surface area (Å²) in [6.45, 7) is 1.95. The topological polar surface area (TPSA) is 90.4 Å². The van der Waals surface area contributed by atoms with Crippen LogP contribution in [-0.2, 0) is 0 Å². The third-order valence-corrected chi connectivity index (χ3v) is 4.95. The molecular formula is C18H12N4O3S. The Hall–Kier alpha value is -3.39. The second-order valence-corrected chi connectivity index (χ2v) is 6.69. The third-order valence-electron chi connectivity index (χ3n) is 3.99. The van der Waals surface area contributed by atoms with Gasteiger partial charge in [0.1, 0.15) is 0 Å².